The lowest BCUT2D eigenvalue weighted by molar-refractivity contribution is 0.0636. The highest BCUT2D eigenvalue weighted by Crippen LogP contribution is 2.31. The number of halogens is 2. The third-order valence-electron chi connectivity index (χ3n) is 5.60. The standard InChI is InChI=1S/C23H25FN4O.ClH/c1-14-7-9-17(12-20(14)24)27-21-18-10-8-15(2)26-22(18)25-13-19(21)23(29)28-11-5-4-6-16(28)3;/h7-10,12-13,16H,4-6,11H2,1-3H3,(H,25,26,27);1H. The van der Waals surface area contributed by atoms with Gasteiger partial charge in [0.2, 0.25) is 0 Å². The maximum Gasteiger partial charge on any atom is 0.257 e. The van der Waals surface area contributed by atoms with Gasteiger partial charge in [-0.25, -0.2) is 14.4 Å². The van der Waals surface area contributed by atoms with Crippen LogP contribution < -0.4 is 5.32 Å². The minimum atomic E-state index is -0.292. The molecule has 1 aliphatic rings. The van der Waals surface area contributed by atoms with E-state index in [4.69, 9.17) is 0 Å². The van der Waals surface area contributed by atoms with E-state index in [2.05, 4.69) is 22.2 Å². The van der Waals surface area contributed by atoms with E-state index in [-0.39, 0.29) is 30.2 Å². The summed E-state index contributed by atoms with van der Waals surface area (Å²) < 4.78 is 14.1. The summed E-state index contributed by atoms with van der Waals surface area (Å²) >= 11 is 0. The van der Waals surface area contributed by atoms with Gasteiger partial charge in [0.05, 0.1) is 11.3 Å². The van der Waals surface area contributed by atoms with Gasteiger partial charge in [0.15, 0.2) is 5.65 Å². The first-order valence-electron chi connectivity index (χ1n) is 10.0. The molecule has 1 unspecified atom stereocenters. The van der Waals surface area contributed by atoms with Crippen molar-refractivity contribution in [3.8, 4) is 0 Å². The van der Waals surface area contributed by atoms with Crippen LogP contribution in [0.5, 0.6) is 0 Å². The summed E-state index contributed by atoms with van der Waals surface area (Å²) in [6.07, 6.45) is 4.73. The summed E-state index contributed by atoms with van der Waals surface area (Å²) in [7, 11) is 0. The lowest BCUT2D eigenvalue weighted by Gasteiger charge is -2.34. The maximum atomic E-state index is 14.1. The van der Waals surface area contributed by atoms with E-state index < -0.39 is 0 Å². The molecule has 1 fully saturated rings. The van der Waals surface area contributed by atoms with Crippen LogP contribution in [0.2, 0.25) is 0 Å². The van der Waals surface area contributed by atoms with Crippen LogP contribution in [0.3, 0.4) is 0 Å². The van der Waals surface area contributed by atoms with Crippen molar-refractivity contribution in [2.75, 3.05) is 11.9 Å². The van der Waals surface area contributed by atoms with Crippen LogP contribution in [0.25, 0.3) is 11.0 Å². The number of nitrogens with one attached hydrogen (secondary N) is 1. The monoisotopic (exact) mass is 428 g/mol. The molecular weight excluding hydrogens is 403 g/mol. The topological polar surface area (TPSA) is 58.1 Å². The first kappa shape index (κ1) is 22.0. The van der Waals surface area contributed by atoms with Crippen LogP contribution in [0, 0.1) is 19.7 Å². The van der Waals surface area contributed by atoms with E-state index >= 15 is 0 Å². The second-order valence-corrected chi connectivity index (χ2v) is 7.80. The molecule has 3 heterocycles. The Bertz CT molecular complexity index is 1090. The molecule has 1 saturated heterocycles. The number of amides is 1. The molecule has 0 bridgehead atoms. The molecule has 0 aliphatic carbocycles. The van der Waals surface area contributed by atoms with Crippen LogP contribution in [0.1, 0.15) is 47.8 Å². The van der Waals surface area contributed by atoms with Gasteiger partial charge < -0.3 is 10.2 Å². The second-order valence-electron chi connectivity index (χ2n) is 7.80. The highest BCUT2D eigenvalue weighted by Gasteiger charge is 2.27. The fraction of sp³-hybridized carbons (Fsp3) is 0.348. The number of nitrogens with zero attached hydrogens (tertiary/aromatic N) is 3. The number of hydrogen-bond donors (Lipinski definition) is 1. The Morgan fingerprint density at radius 1 is 1.20 bits per heavy atom. The second kappa shape index (κ2) is 8.96. The van der Waals surface area contributed by atoms with Gasteiger partial charge in [-0.2, -0.15) is 0 Å². The molecule has 5 nitrogen and oxygen atoms in total. The summed E-state index contributed by atoms with van der Waals surface area (Å²) in [5, 5.41) is 4.01. The molecule has 0 saturated carbocycles. The molecule has 1 aliphatic heterocycles. The van der Waals surface area contributed by atoms with E-state index in [9.17, 15) is 9.18 Å². The highest BCUT2D eigenvalue weighted by molar-refractivity contribution is 6.07. The highest BCUT2D eigenvalue weighted by atomic mass is 35.5. The summed E-state index contributed by atoms with van der Waals surface area (Å²) in [6, 6.07) is 8.96. The zero-order valence-corrected chi connectivity index (χ0v) is 18.2. The fourth-order valence-corrected chi connectivity index (χ4v) is 3.84. The number of pyridine rings is 2. The third-order valence-corrected chi connectivity index (χ3v) is 5.60. The number of fused-ring (bicyclic) bond motifs is 1. The number of carbonyl (C=O) groups excluding carboxylic acids is 1. The molecule has 4 rings (SSSR count). The molecule has 7 heteroatoms. The number of likely N-dealkylation sites (tertiary alicyclic amines) is 1. The fourth-order valence-electron chi connectivity index (χ4n) is 3.84. The smallest absolute Gasteiger partial charge is 0.257 e. The van der Waals surface area contributed by atoms with Crippen molar-refractivity contribution in [3.05, 3.63) is 59.2 Å². The maximum absolute atomic E-state index is 14.1. The van der Waals surface area contributed by atoms with Gasteiger partial charge in [0.25, 0.3) is 5.91 Å². The van der Waals surface area contributed by atoms with Crippen molar-refractivity contribution in [2.24, 2.45) is 0 Å². The molecule has 1 atom stereocenters. The first-order chi connectivity index (χ1) is 13.9. The van der Waals surface area contributed by atoms with Crippen LogP contribution in [0.4, 0.5) is 15.8 Å². The average molecular weight is 429 g/mol. The zero-order chi connectivity index (χ0) is 20.5. The molecule has 0 spiro atoms. The van der Waals surface area contributed by atoms with Crippen molar-refractivity contribution in [1.82, 2.24) is 14.9 Å². The van der Waals surface area contributed by atoms with Gasteiger partial charge in [-0.05, 0) is 69.9 Å². The Balaban J connectivity index is 0.00000256. The Morgan fingerprint density at radius 2 is 2.00 bits per heavy atom. The van der Waals surface area contributed by atoms with Crippen LogP contribution in [-0.2, 0) is 0 Å². The summed E-state index contributed by atoms with van der Waals surface area (Å²) in [4.78, 5) is 24.2. The van der Waals surface area contributed by atoms with Crippen LogP contribution >= 0.6 is 12.4 Å². The Morgan fingerprint density at radius 3 is 2.73 bits per heavy atom. The summed E-state index contributed by atoms with van der Waals surface area (Å²) in [5.74, 6) is -0.345. The predicted octanol–water partition coefficient (Wildman–Crippen LogP) is 5.57. The molecular formula is C23H26ClFN4O. The van der Waals surface area contributed by atoms with Crippen LogP contribution in [0.15, 0.2) is 36.5 Å². The molecule has 0 radical (unpaired) electrons. The molecule has 30 heavy (non-hydrogen) atoms. The molecule has 1 aromatic carbocycles. The molecule has 158 valence electrons. The van der Waals surface area contributed by atoms with E-state index in [1.807, 2.05) is 30.0 Å². The van der Waals surface area contributed by atoms with Gasteiger partial charge >= 0.3 is 0 Å². The van der Waals surface area contributed by atoms with E-state index in [0.29, 0.717) is 28.1 Å². The Labute approximate surface area is 182 Å². The molecule has 3 aromatic rings. The third kappa shape index (κ3) is 4.24. The SMILES string of the molecule is Cc1ccc2c(Nc3ccc(C)c(F)c3)c(C(=O)N3CCCCC3C)cnc2n1.Cl. The molecule has 2 aromatic heterocycles. The normalized spacial score (nSPS) is 16.3. The van der Waals surface area contributed by atoms with Gasteiger partial charge in [-0.15, -0.1) is 12.4 Å². The van der Waals surface area contributed by atoms with Gasteiger partial charge in [0, 0.05) is 35.6 Å². The number of aryl methyl sites for hydroxylation is 2. The van der Waals surface area contributed by atoms with Crippen molar-refractivity contribution < 1.29 is 9.18 Å². The largest absolute Gasteiger partial charge is 0.354 e. The number of rotatable bonds is 3. The first-order valence-corrected chi connectivity index (χ1v) is 10.0. The lowest BCUT2D eigenvalue weighted by atomic mass is 10.0. The number of hydrogen-bond acceptors (Lipinski definition) is 4. The number of piperidine rings is 1. The van der Waals surface area contributed by atoms with Crippen molar-refractivity contribution in [3.63, 3.8) is 0 Å². The predicted molar refractivity (Wildman–Crippen MR) is 120 cm³/mol. The number of carbonyl (C=O) groups is 1. The molecule has 1 amide bonds. The molecule has 1 N–H and O–H groups in total. The summed E-state index contributed by atoms with van der Waals surface area (Å²) in [6.45, 7) is 6.44. The number of anilines is 2. The zero-order valence-electron chi connectivity index (χ0n) is 17.4. The Kier molecular flexibility index (Phi) is 6.56. The van der Waals surface area contributed by atoms with Crippen molar-refractivity contribution in [2.45, 2.75) is 46.1 Å². The van der Waals surface area contributed by atoms with Crippen molar-refractivity contribution in [1.29, 1.82) is 0 Å². The number of benzene rings is 1. The van der Waals surface area contributed by atoms with E-state index in [0.717, 1.165) is 36.9 Å². The van der Waals surface area contributed by atoms with E-state index in [1.165, 1.54) is 6.07 Å². The Hall–Kier alpha value is -2.73. The summed E-state index contributed by atoms with van der Waals surface area (Å²) in [5.41, 5.74) is 3.67. The van der Waals surface area contributed by atoms with Gasteiger partial charge in [-0.1, -0.05) is 6.07 Å². The quantitative estimate of drug-likeness (QED) is 0.592. The lowest BCUT2D eigenvalue weighted by Crippen LogP contribution is -2.42. The minimum absolute atomic E-state index is 0. The van der Waals surface area contributed by atoms with Gasteiger partial charge in [-0.3, -0.25) is 4.79 Å². The van der Waals surface area contributed by atoms with Crippen LogP contribution in [-0.4, -0.2) is 33.4 Å². The minimum Gasteiger partial charge on any atom is -0.354 e. The average Bonchev–Trinajstić information content (AvgIpc) is 2.70. The number of aromatic nitrogens is 2. The van der Waals surface area contributed by atoms with E-state index in [1.54, 1.807) is 19.2 Å². The van der Waals surface area contributed by atoms with Gasteiger partial charge in [0.1, 0.15) is 5.82 Å². The van der Waals surface area contributed by atoms with Crippen molar-refractivity contribution >= 4 is 40.7 Å².